The monoisotopic (exact) mass is 434 g/mol. The van der Waals surface area contributed by atoms with Crippen LogP contribution in [0.5, 0.6) is 0 Å². The van der Waals surface area contributed by atoms with Crippen molar-refractivity contribution in [3.63, 3.8) is 0 Å². The number of hydrogen-bond acceptors (Lipinski definition) is 6. The summed E-state index contributed by atoms with van der Waals surface area (Å²) < 4.78 is 15.9. The molecule has 0 saturated heterocycles. The van der Waals surface area contributed by atoms with E-state index < -0.39 is 0 Å². The Balaban J connectivity index is 3.20. The molecule has 0 bridgehead atoms. The molecule has 0 fully saturated rings. The van der Waals surface area contributed by atoms with Gasteiger partial charge in [0.25, 0.3) is 0 Å². The Morgan fingerprint density at radius 1 is 0.567 bits per heavy atom. The molecule has 0 aliphatic rings. The topological polar surface area (TPSA) is 66.4 Å². The molecule has 0 aliphatic carbocycles. The van der Waals surface area contributed by atoms with Crippen LogP contribution in [0, 0.1) is 0 Å². The summed E-state index contributed by atoms with van der Waals surface area (Å²) >= 11 is 0. The number of aliphatic hydroxyl groups is 1. The molecule has 6 nitrogen and oxygen atoms in total. The van der Waals surface area contributed by atoms with E-state index in [4.69, 9.17) is 29.1 Å². The third-order valence-corrected chi connectivity index (χ3v) is 5.16. The lowest BCUT2D eigenvalue weighted by Crippen LogP contribution is -2.25. The van der Waals surface area contributed by atoms with E-state index in [0.29, 0.717) is 39.6 Å². The molecule has 30 heavy (non-hydrogen) atoms. The summed E-state index contributed by atoms with van der Waals surface area (Å²) in [5.74, 6) is 0. The van der Waals surface area contributed by atoms with Crippen LogP contribution in [0.4, 0.5) is 0 Å². The first-order valence-corrected chi connectivity index (χ1v) is 12.4. The number of hydrogen-bond donors (Lipinski definition) is 1. The molecule has 6 heteroatoms. The van der Waals surface area contributed by atoms with Crippen molar-refractivity contribution in [2.24, 2.45) is 0 Å². The van der Waals surface area contributed by atoms with Crippen LogP contribution in [0.1, 0.15) is 96.8 Å². The second-order valence-corrected chi connectivity index (χ2v) is 7.97. The third-order valence-electron chi connectivity index (χ3n) is 5.16. The van der Waals surface area contributed by atoms with Gasteiger partial charge in [-0.3, -0.25) is 0 Å². The molecule has 0 amide bonds. The summed E-state index contributed by atoms with van der Waals surface area (Å²) in [6.45, 7) is 5.00. The first-order chi connectivity index (χ1) is 14.8. The summed E-state index contributed by atoms with van der Waals surface area (Å²) in [6.07, 6.45) is 18.8. The van der Waals surface area contributed by atoms with Gasteiger partial charge in [0.1, 0.15) is 12.7 Å². The van der Waals surface area contributed by atoms with Crippen LogP contribution in [-0.4, -0.2) is 64.6 Å². The van der Waals surface area contributed by atoms with Crippen molar-refractivity contribution >= 4 is 0 Å². The molecule has 182 valence electrons. The number of aliphatic hydroxyl groups excluding tert-OH is 1. The van der Waals surface area contributed by atoms with Gasteiger partial charge >= 0.3 is 0 Å². The Bertz CT molecular complexity index is 303. The van der Waals surface area contributed by atoms with Gasteiger partial charge in [-0.05, 0) is 6.42 Å². The third kappa shape index (κ3) is 24.0. The number of unbranched alkanes of at least 4 members (excludes halogenated alkanes) is 13. The summed E-state index contributed by atoms with van der Waals surface area (Å²) in [6, 6.07) is 0. The summed E-state index contributed by atoms with van der Waals surface area (Å²) in [7, 11) is 1.63. The molecule has 0 aromatic heterocycles. The zero-order valence-corrected chi connectivity index (χ0v) is 19.9. The number of ether oxygens (including phenoxy) is 3. The highest BCUT2D eigenvalue weighted by atomic mass is 17.2. The molecule has 1 N–H and O–H groups in total. The maximum Gasteiger partial charge on any atom is 0.111 e. The first-order valence-electron chi connectivity index (χ1n) is 12.4. The van der Waals surface area contributed by atoms with E-state index in [2.05, 4.69) is 6.92 Å². The fourth-order valence-corrected chi connectivity index (χ4v) is 3.22. The largest absolute Gasteiger partial charge is 0.394 e. The van der Waals surface area contributed by atoms with E-state index in [1.807, 2.05) is 0 Å². The average molecular weight is 435 g/mol. The van der Waals surface area contributed by atoms with Gasteiger partial charge in [-0.25, -0.2) is 9.78 Å². The second-order valence-electron chi connectivity index (χ2n) is 7.97. The van der Waals surface area contributed by atoms with Crippen LogP contribution in [0.2, 0.25) is 0 Å². The van der Waals surface area contributed by atoms with E-state index in [0.717, 1.165) is 6.42 Å². The van der Waals surface area contributed by atoms with Crippen LogP contribution in [0.15, 0.2) is 0 Å². The SMILES string of the molecule is CCCCCCCCCCCCCCCCOOCC(COCCOCCO)OC. The van der Waals surface area contributed by atoms with E-state index in [-0.39, 0.29) is 12.7 Å². The van der Waals surface area contributed by atoms with Crippen molar-refractivity contribution in [3.05, 3.63) is 0 Å². The second kappa shape index (κ2) is 26.8. The number of rotatable bonds is 26. The zero-order chi connectivity index (χ0) is 22.0. The molecule has 0 spiro atoms. The van der Waals surface area contributed by atoms with Crippen molar-refractivity contribution in [2.45, 2.75) is 103 Å². The molecular formula is C24H50O6. The van der Waals surface area contributed by atoms with Crippen molar-refractivity contribution in [3.8, 4) is 0 Å². The normalized spacial score (nSPS) is 12.5. The molecule has 0 radical (unpaired) electrons. The van der Waals surface area contributed by atoms with Crippen molar-refractivity contribution in [2.75, 3.05) is 53.4 Å². The summed E-state index contributed by atoms with van der Waals surface area (Å²) in [5, 5.41) is 8.61. The predicted molar refractivity (Wildman–Crippen MR) is 122 cm³/mol. The molecule has 0 aromatic rings. The van der Waals surface area contributed by atoms with Crippen molar-refractivity contribution in [1.29, 1.82) is 0 Å². The lowest BCUT2D eigenvalue weighted by atomic mass is 10.0. The van der Waals surface area contributed by atoms with Gasteiger partial charge in [0, 0.05) is 7.11 Å². The quantitative estimate of drug-likeness (QED) is 0.111. The van der Waals surface area contributed by atoms with Crippen molar-refractivity contribution < 1.29 is 29.1 Å². The molecule has 1 atom stereocenters. The van der Waals surface area contributed by atoms with Gasteiger partial charge in [-0.1, -0.05) is 90.4 Å². The predicted octanol–water partition coefficient (Wildman–Crippen LogP) is 5.46. The standard InChI is InChI=1S/C24H50O6/c1-3-4-5-6-7-8-9-10-11-12-13-14-15-16-18-29-30-23-24(26-2)22-28-21-20-27-19-17-25/h24-25H,3-23H2,1-2H3. The molecule has 0 heterocycles. The van der Waals surface area contributed by atoms with E-state index in [9.17, 15) is 0 Å². The van der Waals surface area contributed by atoms with Gasteiger partial charge in [-0.2, -0.15) is 0 Å². The molecular weight excluding hydrogens is 384 g/mol. The van der Waals surface area contributed by atoms with Crippen LogP contribution in [0.3, 0.4) is 0 Å². The van der Waals surface area contributed by atoms with Gasteiger partial charge < -0.3 is 19.3 Å². The molecule has 0 aromatic carbocycles. The average Bonchev–Trinajstić information content (AvgIpc) is 2.76. The summed E-state index contributed by atoms with van der Waals surface area (Å²) in [4.78, 5) is 10.5. The van der Waals surface area contributed by atoms with Gasteiger partial charge in [0.2, 0.25) is 0 Å². The van der Waals surface area contributed by atoms with Crippen molar-refractivity contribution in [1.82, 2.24) is 0 Å². The minimum Gasteiger partial charge on any atom is -0.394 e. The molecule has 0 saturated carbocycles. The van der Waals surface area contributed by atoms with Gasteiger partial charge in [0.05, 0.1) is 39.6 Å². The van der Waals surface area contributed by atoms with Crippen LogP contribution in [0.25, 0.3) is 0 Å². The summed E-state index contributed by atoms with van der Waals surface area (Å²) in [5.41, 5.74) is 0. The highest BCUT2D eigenvalue weighted by molar-refractivity contribution is 4.53. The molecule has 0 rings (SSSR count). The minimum absolute atomic E-state index is 0.0329. The van der Waals surface area contributed by atoms with Crippen LogP contribution in [-0.2, 0) is 24.0 Å². The van der Waals surface area contributed by atoms with E-state index in [1.54, 1.807) is 7.11 Å². The smallest absolute Gasteiger partial charge is 0.111 e. The fourth-order valence-electron chi connectivity index (χ4n) is 3.22. The Kier molecular flexibility index (Phi) is 26.6. The van der Waals surface area contributed by atoms with Gasteiger partial charge in [0.15, 0.2) is 0 Å². The van der Waals surface area contributed by atoms with E-state index in [1.165, 1.54) is 83.5 Å². The van der Waals surface area contributed by atoms with Crippen LogP contribution >= 0.6 is 0 Å². The lowest BCUT2D eigenvalue weighted by Gasteiger charge is -2.15. The maximum atomic E-state index is 8.61. The highest BCUT2D eigenvalue weighted by Gasteiger charge is 2.08. The van der Waals surface area contributed by atoms with E-state index >= 15 is 0 Å². The Hall–Kier alpha value is -0.240. The Morgan fingerprint density at radius 2 is 1.10 bits per heavy atom. The Labute approximate surface area is 185 Å². The van der Waals surface area contributed by atoms with Crippen LogP contribution < -0.4 is 0 Å². The first kappa shape index (κ1) is 29.8. The highest BCUT2D eigenvalue weighted by Crippen LogP contribution is 2.13. The Morgan fingerprint density at radius 3 is 1.63 bits per heavy atom. The number of methoxy groups -OCH3 is 1. The molecule has 0 aliphatic heterocycles. The maximum absolute atomic E-state index is 8.61. The zero-order valence-electron chi connectivity index (χ0n) is 19.9. The molecule has 1 unspecified atom stereocenters. The van der Waals surface area contributed by atoms with Gasteiger partial charge in [-0.15, -0.1) is 0 Å². The minimum atomic E-state index is -0.154. The lowest BCUT2D eigenvalue weighted by molar-refractivity contribution is -0.308. The fraction of sp³-hybridized carbons (Fsp3) is 1.00.